The van der Waals surface area contributed by atoms with Gasteiger partial charge in [-0.15, -0.1) is 21.5 Å². The lowest BCUT2D eigenvalue weighted by Crippen LogP contribution is -2.36. The summed E-state index contributed by atoms with van der Waals surface area (Å²) in [5, 5.41) is 20.7. The Morgan fingerprint density at radius 3 is 2.69 bits per heavy atom. The number of nitrogens with zero attached hydrogens (tertiary/aromatic N) is 4. The third-order valence-electron chi connectivity index (χ3n) is 5.19. The van der Waals surface area contributed by atoms with Gasteiger partial charge in [-0.1, -0.05) is 48.6 Å². The van der Waals surface area contributed by atoms with Crippen molar-refractivity contribution in [1.29, 1.82) is 5.26 Å². The molecule has 0 aliphatic heterocycles. The van der Waals surface area contributed by atoms with E-state index in [1.807, 2.05) is 18.2 Å². The Bertz CT molecular complexity index is 1350. The van der Waals surface area contributed by atoms with Crippen LogP contribution in [-0.2, 0) is 17.6 Å². The average Bonchev–Trinajstić information content (AvgIpc) is 3.24. The maximum atomic E-state index is 12.1. The van der Waals surface area contributed by atoms with Crippen LogP contribution in [0.25, 0.3) is 22.4 Å². The van der Waals surface area contributed by atoms with Crippen molar-refractivity contribution < 1.29 is 9.21 Å². The average molecular weight is 442 g/mol. The van der Waals surface area contributed by atoms with Gasteiger partial charge in [0.25, 0.3) is 0 Å². The van der Waals surface area contributed by atoms with E-state index in [0.29, 0.717) is 25.2 Å². The highest BCUT2D eigenvalue weighted by atomic mass is 32.1. The van der Waals surface area contributed by atoms with Crippen LogP contribution in [0.4, 0.5) is 0 Å². The van der Waals surface area contributed by atoms with Crippen molar-refractivity contribution in [3.63, 3.8) is 0 Å². The fourth-order valence-electron chi connectivity index (χ4n) is 3.33. The monoisotopic (exact) mass is 441 g/mol. The summed E-state index contributed by atoms with van der Waals surface area (Å²) in [6.07, 6.45) is 5.89. The summed E-state index contributed by atoms with van der Waals surface area (Å²) in [4.78, 5) is 16.8. The van der Waals surface area contributed by atoms with Gasteiger partial charge in [0.15, 0.2) is 0 Å². The van der Waals surface area contributed by atoms with Crippen molar-refractivity contribution >= 4 is 39.6 Å². The van der Waals surface area contributed by atoms with Crippen molar-refractivity contribution in [1.82, 2.24) is 20.5 Å². The Hall–Kier alpha value is -3.83. The number of carbonyl (C=O) groups is 1. The minimum atomic E-state index is -0.698. The molecular weight excluding hydrogens is 422 g/mol. The molecule has 1 saturated carbocycles. The van der Waals surface area contributed by atoms with Gasteiger partial charge in [-0.05, 0) is 36.1 Å². The molecule has 0 atom stereocenters. The smallest absolute Gasteiger partial charge is 0.230 e. The first-order chi connectivity index (χ1) is 15.6. The van der Waals surface area contributed by atoms with Crippen molar-refractivity contribution in [3.05, 3.63) is 76.4 Å². The molecule has 1 amide bonds. The third-order valence-corrected chi connectivity index (χ3v) is 6.23. The minimum Gasteiger partial charge on any atom is -0.424 e. The van der Waals surface area contributed by atoms with Gasteiger partial charge < -0.3 is 9.73 Å². The zero-order valence-corrected chi connectivity index (χ0v) is 17.9. The predicted molar refractivity (Wildman–Crippen MR) is 122 cm³/mol. The Morgan fingerprint density at radius 1 is 1.12 bits per heavy atom. The number of fused-ring (bicyclic) bond motifs is 1. The standard InChI is InChI=1S/C24H19N5O2S/c25-15-24(10-11-24)27-20(30)13-21-28-29-22(31-21)14-23-26-18-12-17(8-9-19(18)32-23)7-6-16-4-2-1-3-5-16/h1-9,12H,10-11,13-14H2,(H,27,30)/b7-6+. The molecule has 7 nitrogen and oxygen atoms in total. The molecule has 158 valence electrons. The maximum Gasteiger partial charge on any atom is 0.230 e. The van der Waals surface area contributed by atoms with Gasteiger partial charge in [0.1, 0.15) is 17.0 Å². The van der Waals surface area contributed by atoms with Crippen LogP contribution in [0.3, 0.4) is 0 Å². The first-order valence-electron chi connectivity index (χ1n) is 10.3. The minimum absolute atomic E-state index is 0.0343. The molecule has 0 bridgehead atoms. The number of nitrogens with one attached hydrogen (secondary N) is 1. The van der Waals surface area contributed by atoms with Crippen LogP contribution in [0.15, 0.2) is 52.9 Å². The molecule has 0 radical (unpaired) electrons. The highest BCUT2D eigenvalue weighted by Gasteiger charge is 2.44. The Morgan fingerprint density at radius 2 is 1.91 bits per heavy atom. The Labute approximate surface area is 188 Å². The highest BCUT2D eigenvalue weighted by Crippen LogP contribution is 2.34. The Kier molecular flexibility index (Phi) is 5.25. The van der Waals surface area contributed by atoms with Gasteiger partial charge in [0.05, 0.1) is 22.7 Å². The van der Waals surface area contributed by atoms with Crippen LogP contribution in [0.5, 0.6) is 0 Å². The third kappa shape index (κ3) is 4.58. The number of carbonyl (C=O) groups excluding carboxylic acids is 1. The second kappa shape index (κ2) is 8.36. The zero-order valence-electron chi connectivity index (χ0n) is 17.1. The fraction of sp³-hybridized carbons (Fsp3) is 0.208. The highest BCUT2D eigenvalue weighted by molar-refractivity contribution is 7.18. The van der Waals surface area contributed by atoms with Crippen LogP contribution in [0.1, 0.15) is 40.8 Å². The number of benzene rings is 2. The van der Waals surface area contributed by atoms with Crippen molar-refractivity contribution in [3.8, 4) is 6.07 Å². The molecule has 2 heterocycles. The number of hydrogen-bond acceptors (Lipinski definition) is 7. The lowest BCUT2D eigenvalue weighted by atomic mass is 10.1. The first kappa shape index (κ1) is 20.1. The van der Waals surface area contributed by atoms with Gasteiger partial charge in [0.2, 0.25) is 17.7 Å². The summed E-state index contributed by atoms with van der Waals surface area (Å²) in [5.74, 6) is 0.369. The molecule has 1 aliphatic carbocycles. The Balaban J connectivity index is 1.24. The summed E-state index contributed by atoms with van der Waals surface area (Å²) in [6, 6.07) is 18.5. The predicted octanol–water partition coefficient (Wildman–Crippen LogP) is 4.16. The quantitative estimate of drug-likeness (QED) is 0.432. The topological polar surface area (TPSA) is 105 Å². The number of rotatable bonds is 7. The summed E-state index contributed by atoms with van der Waals surface area (Å²) in [6.45, 7) is 0. The maximum absolute atomic E-state index is 12.1. The van der Waals surface area contributed by atoms with Crippen LogP contribution in [0, 0.1) is 11.3 Å². The molecule has 2 aromatic carbocycles. The van der Waals surface area contributed by atoms with Crippen LogP contribution >= 0.6 is 11.3 Å². The molecule has 0 saturated heterocycles. The molecule has 1 N–H and O–H groups in total. The van der Waals surface area contributed by atoms with Gasteiger partial charge in [-0.25, -0.2) is 4.98 Å². The van der Waals surface area contributed by atoms with E-state index in [4.69, 9.17) is 14.7 Å². The second-order valence-electron chi connectivity index (χ2n) is 7.76. The molecule has 4 aromatic rings. The van der Waals surface area contributed by atoms with Gasteiger partial charge in [-0.3, -0.25) is 4.79 Å². The zero-order chi connectivity index (χ0) is 22.0. The molecule has 8 heteroatoms. The number of aromatic nitrogens is 3. The fourth-order valence-corrected chi connectivity index (χ4v) is 4.27. The second-order valence-corrected chi connectivity index (χ2v) is 8.88. The van der Waals surface area contributed by atoms with E-state index in [0.717, 1.165) is 26.4 Å². The van der Waals surface area contributed by atoms with E-state index in [2.05, 4.69) is 64.1 Å². The lowest BCUT2D eigenvalue weighted by Gasteiger charge is -2.06. The van der Waals surface area contributed by atoms with E-state index in [1.54, 1.807) is 11.3 Å². The molecule has 1 aliphatic rings. The van der Waals surface area contributed by atoms with E-state index < -0.39 is 5.54 Å². The van der Waals surface area contributed by atoms with Crippen molar-refractivity contribution in [2.75, 3.05) is 0 Å². The van der Waals surface area contributed by atoms with Gasteiger partial charge in [0, 0.05) is 0 Å². The van der Waals surface area contributed by atoms with Crippen LogP contribution in [0.2, 0.25) is 0 Å². The number of nitriles is 1. The molecule has 0 unspecified atom stereocenters. The number of amides is 1. The van der Waals surface area contributed by atoms with Gasteiger partial charge >= 0.3 is 0 Å². The number of thiazole rings is 1. The van der Waals surface area contributed by atoms with E-state index >= 15 is 0 Å². The first-order valence-corrected chi connectivity index (χ1v) is 11.1. The molecule has 0 spiro atoms. The molecular formula is C24H19N5O2S. The molecule has 5 rings (SSSR count). The normalized spacial score (nSPS) is 14.5. The van der Waals surface area contributed by atoms with Crippen molar-refractivity contribution in [2.24, 2.45) is 0 Å². The van der Waals surface area contributed by atoms with Gasteiger partial charge in [-0.2, -0.15) is 5.26 Å². The van der Waals surface area contributed by atoms with Crippen LogP contribution < -0.4 is 5.32 Å². The number of hydrogen-bond donors (Lipinski definition) is 1. The van der Waals surface area contributed by atoms with Crippen molar-refractivity contribution in [2.45, 2.75) is 31.2 Å². The lowest BCUT2D eigenvalue weighted by molar-refractivity contribution is -0.121. The van der Waals surface area contributed by atoms with E-state index in [-0.39, 0.29) is 18.2 Å². The summed E-state index contributed by atoms with van der Waals surface area (Å²) < 4.78 is 6.71. The summed E-state index contributed by atoms with van der Waals surface area (Å²) >= 11 is 1.58. The SMILES string of the molecule is N#CC1(NC(=O)Cc2nnc(Cc3nc4cc(/C=C/c5ccccc5)ccc4s3)o2)CC1. The molecule has 2 aromatic heterocycles. The van der Waals surface area contributed by atoms with E-state index in [9.17, 15) is 4.79 Å². The molecule has 32 heavy (non-hydrogen) atoms. The summed E-state index contributed by atoms with van der Waals surface area (Å²) in [7, 11) is 0. The van der Waals surface area contributed by atoms with Crippen LogP contribution in [-0.4, -0.2) is 26.6 Å². The molecule has 1 fully saturated rings. The van der Waals surface area contributed by atoms with E-state index in [1.165, 1.54) is 0 Å². The summed E-state index contributed by atoms with van der Waals surface area (Å²) in [5.41, 5.74) is 2.45. The largest absolute Gasteiger partial charge is 0.424 e.